The van der Waals surface area contributed by atoms with Gasteiger partial charge in [0.05, 0.1) is 7.11 Å². The summed E-state index contributed by atoms with van der Waals surface area (Å²) in [4.78, 5) is 6.86. The first kappa shape index (κ1) is 19.7. The van der Waals surface area contributed by atoms with Gasteiger partial charge in [-0.15, -0.1) is 5.10 Å². The van der Waals surface area contributed by atoms with E-state index >= 15 is 0 Å². The van der Waals surface area contributed by atoms with Gasteiger partial charge in [0, 0.05) is 11.8 Å². The number of primary sulfonamides is 1. The lowest BCUT2D eigenvalue weighted by Gasteiger charge is -2.07. The zero-order valence-electron chi connectivity index (χ0n) is 14.0. The first-order valence-electron chi connectivity index (χ1n) is 7.38. The third-order valence-electron chi connectivity index (χ3n) is 3.54. The number of ether oxygens (including phenoxy) is 1. The highest BCUT2D eigenvalue weighted by Gasteiger charge is 2.37. The molecule has 0 fully saturated rings. The molecule has 13 heteroatoms. The number of hydrogen-bond acceptors (Lipinski definition) is 6. The lowest BCUT2D eigenvalue weighted by Crippen LogP contribution is -2.13. The summed E-state index contributed by atoms with van der Waals surface area (Å²) >= 11 is 0. The van der Waals surface area contributed by atoms with Crippen LogP contribution in [0.15, 0.2) is 41.4 Å². The van der Waals surface area contributed by atoms with Gasteiger partial charge in [-0.1, -0.05) is 0 Å². The number of benzene rings is 1. The maximum Gasteiger partial charge on any atom is 0.453 e. The van der Waals surface area contributed by atoms with Crippen molar-refractivity contribution in [2.24, 2.45) is 5.14 Å². The summed E-state index contributed by atoms with van der Waals surface area (Å²) < 4.78 is 81.3. The van der Waals surface area contributed by atoms with Crippen LogP contribution in [-0.4, -0.2) is 35.3 Å². The Morgan fingerprint density at radius 2 is 1.89 bits per heavy atom. The molecule has 0 saturated heterocycles. The fourth-order valence-electron chi connectivity index (χ4n) is 2.25. The highest BCUT2D eigenvalue weighted by molar-refractivity contribution is 7.89. The zero-order chi connectivity index (χ0) is 20.7. The van der Waals surface area contributed by atoms with Gasteiger partial charge in [-0.25, -0.2) is 27.9 Å². The van der Waals surface area contributed by atoms with E-state index in [-0.39, 0.29) is 27.9 Å². The van der Waals surface area contributed by atoms with Gasteiger partial charge < -0.3 is 4.74 Å². The minimum Gasteiger partial charge on any atom is -0.494 e. The van der Waals surface area contributed by atoms with E-state index < -0.39 is 27.8 Å². The molecule has 2 heterocycles. The van der Waals surface area contributed by atoms with Crippen molar-refractivity contribution >= 4 is 10.0 Å². The van der Waals surface area contributed by atoms with Crippen LogP contribution >= 0.6 is 0 Å². The molecular formula is C15H11F4N5O3S. The maximum absolute atomic E-state index is 14.0. The maximum atomic E-state index is 14.0. The molecule has 0 aliphatic heterocycles. The molecule has 8 nitrogen and oxygen atoms in total. The average Bonchev–Trinajstić information content (AvgIpc) is 3.07. The largest absolute Gasteiger partial charge is 0.494 e. The molecule has 0 unspecified atom stereocenters. The summed E-state index contributed by atoms with van der Waals surface area (Å²) in [5.41, 5.74) is -0.0291. The molecule has 0 amide bonds. The Kier molecular flexibility index (Phi) is 4.81. The normalized spacial score (nSPS) is 12.2. The van der Waals surface area contributed by atoms with E-state index in [2.05, 4.69) is 15.1 Å². The van der Waals surface area contributed by atoms with Gasteiger partial charge in [-0.05, 0) is 30.3 Å². The lowest BCUT2D eigenvalue weighted by molar-refractivity contribution is -0.144. The zero-order valence-corrected chi connectivity index (χ0v) is 14.8. The van der Waals surface area contributed by atoms with Crippen LogP contribution in [0.1, 0.15) is 5.82 Å². The molecule has 3 aromatic rings. The van der Waals surface area contributed by atoms with Crippen molar-refractivity contribution in [3.63, 3.8) is 0 Å². The van der Waals surface area contributed by atoms with Crippen LogP contribution in [0, 0.1) is 5.82 Å². The second-order valence-corrected chi connectivity index (χ2v) is 6.98. The van der Waals surface area contributed by atoms with Crippen LogP contribution in [0.25, 0.3) is 17.2 Å². The lowest BCUT2D eigenvalue weighted by atomic mass is 10.2. The SMILES string of the molecule is COc1ccc(-c2nc(C(F)(F)F)nn2-c2ccc(S(N)(=O)=O)cn2)cc1F. The van der Waals surface area contributed by atoms with E-state index in [1.165, 1.54) is 19.2 Å². The highest BCUT2D eigenvalue weighted by Crippen LogP contribution is 2.31. The van der Waals surface area contributed by atoms with E-state index in [1.807, 2.05) is 0 Å². The second-order valence-electron chi connectivity index (χ2n) is 5.42. The fraction of sp³-hybridized carbons (Fsp3) is 0.133. The predicted molar refractivity (Wildman–Crippen MR) is 87.5 cm³/mol. The Bertz CT molecular complexity index is 1130. The van der Waals surface area contributed by atoms with Crippen molar-refractivity contribution < 1.29 is 30.7 Å². The molecule has 0 radical (unpaired) electrons. The summed E-state index contributed by atoms with van der Waals surface area (Å²) in [6.45, 7) is 0. The van der Waals surface area contributed by atoms with E-state index in [0.29, 0.717) is 0 Å². The Balaban J connectivity index is 2.18. The number of hydrogen-bond donors (Lipinski definition) is 1. The summed E-state index contributed by atoms with van der Waals surface area (Å²) in [6.07, 6.45) is -4.01. The van der Waals surface area contributed by atoms with Gasteiger partial charge in [0.15, 0.2) is 23.2 Å². The van der Waals surface area contributed by atoms with Crippen molar-refractivity contribution in [2.75, 3.05) is 7.11 Å². The monoisotopic (exact) mass is 417 g/mol. The second kappa shape index (κ2) is 6.83. The van der Waals surface area contributed by atoms with Crippen molar-refractivity contribution in [2.45, 2.75) is 11.1 Å². The van der Waals surface area contributed by atoms with Gasteiger partial charge in [0.1, 0.15) is 4.90 Å². The molecule has 3 rings (SSSR count). The van der Waals surface area contributed by atoms with Crippen LogP contribution in [0.3, 0.4) is 0 Å². The third kappa shape index (κ3) is 3.80. The number of aromatic nitrogens is 4. The van der Waals surface area contributed by atoms with Crippen molar-refractivity contribution in [3.05, 3.63) is 48.2 Å². The van der Waals surface area contributed by atoms with Gasteiger partial charge in [-0.3, -0.25) is 0 Å². The van der Waals surface area contributed by atoms with Crippen LogP contribution in [0.4, 0.5) is 17.6 Å². The number of rotatable bonds is 4. The number of sulfonamides is 1. The number of methoxy groups -OCH3 is 1. The standard InChI is InChI=1S/C15H11F4N5O3S/c1-27-11-4-2-8(6-10(11)16)13-22-14(15(17,18)19)23-24(13)12-5-3-9(7-21-12)28(20,25)26/h2-7H,1H3,(H2,20,25,26). The number of pyridine rings is 1. The van der Waals surface area contributed by atoms with Crippen molar-refractivity contribution in [1.82, 2.24) is 19.7 Å². The number of halogens is 4. The molecule has 0 aliphatic carbocycles. The van der Waals surface area contributed by atoms with E-state index in [1.54, 1.807) is 0 Å². The van der Waals surface area contributed by atoms with Crippen LogP contribution in [0.2, 0.25) is 0 Å². The Morgan fingerprint density at radius 1 is 1.18 bits per heavy atom. The molecule has 0 saturated carbocycles. The van der Waals surface area contributed by atoms with E-state index in [0.717, 1.165) is 29.1 Å². The first-order valence-corrected chi connectivity index (χ1v) is 8.93. The number of alkyl halides is 3. The number of nitrogens with zero attached hydrogens (tertiary/aromatic N) is 4. The topological polar surface area (TPSA) is 113 Å². The minimum atomic E-state index is -4.87. The van der Waals surface area contributed by atoms with Gasteiger partial charge in [0.2, 0.25) is 10.0 Å². The first-order chi connectivity index (χ1) is 13.0. The molecule has 0 spiro atoms. The molecule has 1 aromatic carbocycles. The molecule has 2 N–H and O–H groups in total. The Morgan fingerprint density at radius 3 is 2.39 bits per heavy atom. The van der Waals surface area contributed by atoms with Crippen LogP contribution in [-0.2, 0) is 16.2 Å². The highest BCUT2D eigenvalue weighted by atomic mass is 32.2. The summed E-state index contributed by atoms with van der Waals surface area (Å²) in [7, 11) is -2.81. The molecule has 28 heavy (non-hydrogen) atoms. The van der Waals surface area contributed by atoms with Crippen molar-refractivity contribution in [1.29, 1.82) is 0 Å². The molecule has 0 bridgehead atoms. The summed E-state index contributed by atoms with van der Waals surface area (Å²) in [5.74, 6) is -2.94. The van der Waals surface area contributed by atoms with Crippen LogP contribution < -0.4 is 9.88 Å². The smallest absolute Gasteiger partial charge is 0.453 e. The molecule has 148 valence electrons. The van der Waals surface area contributed by atoms with Gasteiger partial charge >= 0.3 is 6.18 Å². The number of nitrogens with two attached hydrogens (primary N) is 1. The van der Waals surface area contributed by atoms with Gasteiger partial charge in [-0.2, -0.15) is 17.9 Å². The van der Waals surface area contributed by atoms with Gasteiger partial charge in [0.25, 0.3) is 5.82 Å². The quantitative estimate of drug-likeness (QED) is 0.651. The molecular weight excluding hydrogens is 406 g/mol. The van der Waals surface area contributed by atoms with E-state index in [9.17, 15) is 26.0 Å². The minimum absolute atomic E-state index is 0.0291. The third-order valence-corrected chi connectivity index (χ3v) is 4.44. The fourth-order valence-corrected chi connectivity index (χ4v) is 2.71. The molecule has 0 atom stereocenters. The van der Waals surface area contributed by atoms with E-state index in [4.69, 9.17) is 9.88 Å². The Hall–Kier alpha value is -3.06. The Labute approximate surface area is 155 Å². The predicted octanol–water partition coefficient (Wildman–Crippen LogP) is 2.14. The van der Waals surface area contributed by atoms with Crippen LogP contribution in [0.5, 0.6) is 5.75 Å². The summed E-state index contributed by atoms with van der Waals surface area (Å²) in [5, 5.41) is 8.34. The molecule has 2 aromatic heterocycles. The van der Waals surface area contributed by atoms with Crippen molar-refractivity contribution in [3.8, 4) is 23.0 Å². The summed E-state index contributed by atoms with van der Waals surface area (Å²) in [6, 6.07) is 5.58. The average molecular weight is 417 g/mol. The molecule has 0 aliphatic rings.